The highest BCUT2D eigenvalue weighted by atomic mass is 19.1. The number of rotatable bonds is 8. The second-order valence-electron chi connectivity index (χ2n) is 13.5. The number of hydrogen-bond acceptors (Lipinski definition) is 10. The number of carbonyl (C=O) groups excluding carboxylic acids is 4. The summed E-state index contributed by atoms with van der Waals surface area (Å²) in [6.45, 7) is 8.67. The standard InChI is InChI=1S/C31H41FO10/c1-17(2)40-26(37)16-38-15-25(36)39-14-23(35)31-24(41-27(3,4)42-31)12-21-20-8-7-18-11-19(33)9-10-28(18,5)30(20,32)22(34)13-29(21,31)6/h9-11,17,20-22,24,34H,7-8,12-16H2,1-6H3/t20?,21?,22-,24+,28?,29?,30-,31+/m0/s1. The van der Waals surface area contributed by atoms with E-state index in [2.05, 4.69) is 0 Å². The number of carbonyl (C=O) groups is 4. The molecule has 5 aliphatic rings. The number of aliphatic hydroxyl groups excluding tert-OH is 1. The van der Waals surface area contributed by atoms with Crippen molar-refractivity contribution in [2.24, 2.45) is 22.7 Å². The average molecular weight is 593 g/mol. The minimum Gasteiger partial charge on any atom is -0.461 e. The van der Waals surface area contributed by atoms with Gasteiger partial charge in [-0.2, -0.15) is 0 Å². The lowest BCUT2D eigenvalue weighted by molar-refractivity contribution is -0.246. The second kappa shape index (κ2) is 10.3. The first-order valence-corrected chi connectivity index (χ1v) is 14.7. The Bertz CT molecular complexity index is 1240. The molecule has 8 atom stereocenters. The summed E-state index contributed by atoms with van der Waals surface area (Å²) in [6.07, 6.45) is 2.99. The Morgan fingerprint density at radius 3 is 2.48 bits per heavy atom. The molecule has 1 saturated heterocycles. The van der Waals surface area contributed by atoms with Gasteiger partial charge in [0.1, 0.15) is 13.2 Å². The normalized spacial score (nSPS) is 41.4. The molecule has 0 aromatic heterocycles. The fraction of sp³-hybridized carbons (Fsp3) is 0.742. The van der Waals surface area contributed by atoms with E-state index in [4.69, 9.17) is 23.7 Å². The van der Waals surface area contributed by atoms with Gasteiger partial charge in [0.15, 0.2) is 29.4 Å². The van der Waals surface area contributed by atoms with Gasteiger partial charge in [0, 0.05) is 16.7 Å². The van der Waals surface area contributed by atoms with E-state index in [-0.39, 0.29) is 18.3 Å². The third-order valence-electron chi connectivity index (χ3n) is 10.2. The molecule has 42 heavy (non-hydrogen) atoms. The number of ether oxygens (including phenoxy) is 5. The molecule has 3 saturated carbocycles. The van der Waals surface area contributed by atoms with Crippen LogP contribution in [0, 0.1) is 22.7 Å². The first kappa shape index (κ1) is 31.0. The van der Waals surface area contributed by atoms with Crippen LogP contribution in [0.2, 0.25) is 0 Å². The number of hydrogen-bond donors (Lipinski definition) is 1. The van der Waals surface area contributed by atoms with Crippen LogP contribution in [0.4, 0.5) is 4.39 Å². The largest absolute Gasteiger partial charge is 0.461 e. The van der Waals surface area contributed by atoms with Gasteiger partial charge in [0.25, 0.3) is 0 Å². The van der Waals surface area contributed by atoms with Crippen molar-refractivity contribution in [2.75, 3.05) is 19.8 Å². The van der Waals surface area contributed by atoms with Gasteiger partial charge >= 0.3 is 11.9 Å². The van der Waals surface area contributed by atoms with Crippen molar-refractivity contribution < 1.29 is 52.4 Å². The minimum absolute atomic E-state index is 0.0912. The van der Waals surface area contributed by atoms with E-state index in [1.807, 2.05) is 6.92 Å². The number of ketones is 2. The van der Waals surface area contributed by atoms with Gasteiger partial charge in [0.05, 0.1) is 18.3 Å². The third kappa shape index (κ3) is 4.50. The molecule has 0 bridgehead atoms. The average Bonchev–Trinajstić information content (AvgIpc) is 3.29. The number of alkyl halides is 1. The smallest absolute Gasteiger partial charge is 0.332 e. The van der Waals surface area contributed by atoms with Gasteiger partial charge in [-0.3, -0.25) is 9.59 Å². The summed E-state index contributed by atoms with van der Waals surface area (Å²) in [4.78, 5) is 50.2. The van der Waals surface area contributed by atoms with Gasteiger partial charge in [0.2, 0.25) is 5.78 Å². The van der Waals surface area contributed by atoms with Crippen molar-refractivity contribution in [1.82, 2.24) is 0 Å². The predicted octanol–water partition coefficient (Wildman–Crippen LogP) is 2.94. The zero-order chi connectivity index (χ0) is 30.9. The molecule has 5 rings (SSSR count). The van der Waals surface area contributed by atoms with E-state index in [0.717, 1.165) is 0 Å². The molecular formula is C31H41FO10. The van der Waals surface area contributed by atoms with Gasteiger partial charge in [-0.05, 0) is 78.4 Å². The molecule has 1 N–H and O–H groups in total. The first-order chi connectivity index (χ1) is 19.5. The maximum Gasteiger partial charge on any atom is 0.332 e. The summed E-state index contributed by atoms with van der Waals surface area (Å²) in [5, 5.41) is 11.6. The molecule has 0 aromatic rings. The number of allylic oxidation sites excluding steroid dienone is 4. The van der Waals surface area contributed by atoms with Crippen LogP contribution in [0.3, 0.4) is 0 Å². The summed E-state index contributed by atoms with van der Waals surface area (Å²) < 4.78 is 45.4. The Labute approximate surface area is 244 Å². The van der Waals surface area contributed by atoms with E-state index >= 15 is 4.39 Å². The molecule has 1 heterocycles. The van der Waals surface area contributed by atoms with Crippen LogP contribution in [0.5, 0.6) is 0 Å². The van der Waals surface area contributed by atoms with Crippen LogP contribution >= 0.6 is 0 Å². The van der Waals surface area contributed by atoms with Crippen LogP contribution in [-0.2, 0) is 42.9 Å². The van der Waals surface area contributed by atoms with Gasteiger partial charge in [-0.25, -0.2) is 14.0 Å². The SMILES string of the molecule is CC(C)OC(=O)COCC(=O)OCC(=O)[C@@]12OC(C)(C)O[C@@H]1CC1C3CCC4=CC(=O)C=CC4(C)[C@@]3(F)[C@@H](O)CC12C. The predicted molar refractivity (Wildman–Crippen MR) is 145 cm³/mol. The molecular weight excluding hydrogens is 551 g/mol. The van der Waals surface area contributed by atoms with Gasteiger partial charge in [-0.15, -0.1) is 0 Å². The third-order valence-corrected chi connectivity index (χ3v) is 10.2. The Hall–Kier alpha value is -2.47. The Kier molecular flexibility index (Phi) is 7.61. The van der Waals surface area contributed by atoms with E-state index in [9.17, 15) is 24.3 Å². The van der Waals surface area contributed by atoms with Crippen molar-refractivity contribution in [3.8, 4) is 0 Å². The number of esters is 2. The molecule has 0 amide bonds. The molecule has 0 radical (unpaired) electrons. The van der Waals surface area contributed by atoms with Crippen molar-refractivity contribution in [3.05, 3.63) is 23.8 Å². The van der Waals surface area contributed by atoms with Crippen LogP contribution in [-0.4, -0.2) is 83.8 Å². The summed E-state index contributed by atoms with van der Waals surface area (Å²) in [5.41, 5.74) is -5.21. The van der Waals surface area contributed by atoms with Crippen LogP contribution < -0.4 is 0 Å². The quantitative estimate of drug-likeness (QED) is 0.419. The Morgan fingerprint density at radius 1 is 1.10 bits per heavy atom. The zero-order valence-corrected chi connectivity index (χ0v) is 25.1. The zero-order valence-electron chi connectivity index (χ0n) is 25.1. The minimum atomic E-state index is -2.07. The Morgan fingerprint density at radius 2 is 1.79 bits per heavy atom. The van der Waals surface area contributed by atoms with Gasteiger partial charge < -0.3 is 28.8 Å². The lowest BCUT2D eigenvalue weighted by Crippen LogP contribution is -2.70. The van der Waals surface area contributed by atoms with Crippen molar-refractivity contribution in [2.45, 2.75) is 103 Å². The molecule has 0 aromatic carbocycles. The van der Waals surface area contributed by atoms with Crippen LogP contribution in [0.15, 0.2) is 23.8 Å². The summed E-state index contributed by atoms with van der Waals surface area (Å²) in [5.74, 6) is -4.40. The fourth-order valence-corrected chi connectivity index (χ4v) is 8.62. The molecule has 4 fully saturated rings. The van der Waals surface area contributed by atoms with Gasteiger partial charge in [-0.1, -0.05) is 18.6 Å². The summed E-state index contributed by atoms with van der Waals surface area (Å²) >= 11 is 0. The number of halogens is 1. The Balaban J connectivity index is 1.38. The monoisotopic (exact) mass is 592 g/mol. The molecule has 4 unspecified atom stereocenters. The number of Topliss-reactive ketones (excluding diaryl/α,β-unsaturated/α-hetero) is 1. The summed E-state index contributed by atoms with van der Waals surface area (Å²) in [7, 11) is 0. The molecule has 4 aliphatic carbocycles. The molecule has 10 nitrogen and oxygen atoms in total. The van der Waals surface area contributed by atoms with E-state index < -0.39 is 89.5 Å². The maximum atomic E-state index is 17.5. The number of aliphatic hydroxyl groups is 1. The van der Waals surface area contributed by atoms with E-state index in [1.54, 1.807) is 40.7 Å². The maximum absolute atomic E-state index is 17.5. The van der Waals surface area contributed by atoms with E-state index in [1.165, 1.54) is 12.2 Å². The topological polar surface area (TPSA) is 135 Å². The molecule has 11 heteroatoms. The van der Waals surface area contributed by atoms with Crippen LogP contribution in [0.1, 0.15) is 67.2 Å². The number of fused-ring (bicyclic) bond motifs is 7. The summed E-state index contributed by atoms with van der Waals surface area (Å²) in [6, 6.07) is 0. The van der Waals surface area contributed by atoms with E-state index in [0.29, 0.717) is 24.8 Å². The highest BCUT2D eigenvalue weighted by Gasteiger charge is 2.80. The van der Waals surface area contributed by atoms with Crippen molar-refractivity contribution >= 4 is 23.5 Å². The van der Waals surface area contributed by atoms with Crippen molar-refractivity contribution in [3.63, 3.8) is 0 Å². The molecule has 0 spiro atoms. The van der Waals surface area contributed by atoms with Crippen LogP contribution in [0.25, 0.3) is 0 Å². The molecule has 1 aliphatic heterocycles. The fourth-order valence-electron chi connectivity index (χ4n) is 8.62. The highest BCUT2D eigenvalue weighted by molar-refractivity contribution is 6.01. The lowest BCUT2D eigenvalue weighted by Gasteiger charge is -2.62. The molecule has 232 valence electrons. The lowest BCUT2D eigenvalue weighted by atomic mass is 9.44. The second-order valence-corrected chi connectivity index (χ2v) is 13.5. The van der Waals surface area contributed by atoms with Crippen molar-refractivity contribution in [1.29, 1.82) is 0 Å². The highest BCUT2D eigenvalue weighted by Crippen LogP contribution is 2.72. The first-order valence-electron chi connectivity index (χ1n) is 14.7.